The van der Waals surface area contributed by atoms with Gasteiger partial charge in [0.2, 0.25) is 0 Å². The second kappa shape index (κ2) is 9.10. The van der Waals surface area contributed by atoms with Gasteiger partial charge in [-0.05, 0) is 63.3 Å². The van der Waals surface area contributed by atoms with Gasteiger partial charge in [0.15, 0.2) is 5.11 Å². The van der Waals surface area contributed by atoms with E-state index in [1.165, 1.54) is 0 Å². The zero-order valence-electron chi connectivity index (χ0n) is 15.2. The molecule has 5 nitrogen and oxygen atoms in total. The van der Waals surface area contributed by atoms with Gasteiger partial charge in [-0.1, -0.05) is 23.8 Å². The van der Waals surface area contributed by atoms with Crippen molar-refractivity contribution in [3.8, 4) is 0 Å². The predicted octanol–water partition coefficient (Wildman–Crippen LogP) is 3.60. The zero-order valence-corrected chi connectivity index (χ0v) is 16.0. The van der Waals surface area contributed by atoms with Crippen LogP contribution in [-0.4, -0.2) is 34.9 Å². The minimum Gasteiger partial charge on any atom is -0.339 e. The largest absolute Gasteiger partial charge is 0.339 e. The first-order chi connectivity index (χ1) is 12.4. The van der Waals surface area contributed by atoms with Crippen molar-refractivity contribution < 1.29 is 9.59 Å². The van der Waals surface area contributed by atoms with E-state index in [0.29, 0.717) is 29.9 Å². The smallest absolute Gasteiger partial charge is 0.257 e. The highest BCUT2D eigenvalue weighted by atomic mass is 32.1. The summed E-state index contributed by atoms with van der Waals surface area (Å²) in [6.45, 7) is 7.15. The van der Waals surface area contributed by atoms with E-state index in [0.717, 1.165) is 5.56 Å². The number of nitrogens with one attached hydrogen (secondary N) is 2. The summed E-state index contributed by atoms with van der Waals surface area (Å²) < 4.78 is 0. The van der Waals surface area contributed by atoms with Crippen LogP contribution in [-0.2, 0) is 0 Å². The van der Waals surface area contributed by atoms with Crippen molar-refractivity contribution in [3.05, 3.63) is 65.2 Å². The Balaban J connectivity index is 2.03. The summed E-state index contributed by atoms with van der Waals surface area (Å²) in [5.41, 5.74) is 2.84. The summed E-state index contributed by atoms with van der Waals surface area (Å²) in [6, 6.07) is 14.3. The maximum Gasteiger partial charge on any atom is 0.257 e. The Hall–Kier alpha value is -2.73. The molecule has 0 radical (unpaired) electrons. The Bertz CT molecular complexity index is 799. The molecule has 136 valence electrons. The number of hydrogen-bond acceptors (Lipinski definition) is 3. The second-order valence-corrected chi connectivity index (χ2v) is 6.24. The molecule has 2 aromatic rings. The van der Waals surface area contributed by atoms with Crippen molar-refractivity contribution in [2.24, 2.45) is 0 Å². The van der Waals surface area contributed by atoms with Crippen LogP contribution in [0, 0.1) is 6.92 Å². The minimum absolute atomic E-state index is 0.0340. The molecule has 6 heteroatoms. The lowest BCUT2D eigenvalue weighted by atomic mass is 10.1. The van der Waals surface area contributed by atoms with Crippen LogP contribution in [0.1, 0.15) is 40.1 Å². The summed E-state index contributed by atoms with van der Waals surface area (Å²) >= 11 is 5.21. The second-order valence-electron chi connectivity index (χ2n) is 5.83. The lowest BCUT2D eigenvalue weighted by Crippen LogP contribution is -2.34. The number of carbonyl (C=O) groups is 2. The first-order valence-electron chi connectivity index (χ1n) is 8.53. The van der Waals surface area contributed by atoms with Crippen molar-refractivity contribution in [3.63, 3.8) is 0 Å². The monoisotopic (exact) mass is 369 g/mol. The highest BCUT2D eigenvalue weighted by Gasteiger charge is 2.13. The third kappa shape index (κ3) is 5.13. The Morgan fingerprint density at radius 2 is 1.65 bits per heavy atom. The zero-order chi connectivity index (χ0) is 19.1. The van der Waals surface area contributed by atoms with Crippen molar-refractivity contribution >= 4 is 34.8 Å². The van der Waals surface area contributed by atoms with E-state index in [1.807, 2.05) is 32.9 Å². The van der Waals surface area contributed by atoms with Gasteiger partial charge in [0.25, 0.3) is 11.8 Å². The molecule has 0 saturated heterocycles. The molecule has 2 amide bonds. The lowest BCUT2D eigenvalue weighted by Gasteiger charge is -2.19. The molecule has 0 fully saturated rings. The molecule has 0 aromatic heterocycles. The number of aryl methyl sites for hydroxylation is 1. The van der Waals surface area contributed by atoms with Crippen LogP contribution < -0.4 is 10.6 Å². The molecule has 0 unspecified atom stereocenters. The van der Waals surface area contributed by atoms with Gasteiger partial charge in [-0.3, -0.25) is 14.9 Å². The fourth-order valence-corrected chi connectivity index (χ4v) is 2.68. The van der Waals surface area contributed by atoms with Crippen molar-refractivity contribution in [1.82, 2.24) is 10.2 Å². The number of rotatable bonds is 5. The van der Waals surface area contributed by atoms with Crippen LogP contribution in [0.4, 0.5) is 5.69 Å². The first kappa shape index (κ1) is 19.6. The first-order valence-corrected chi connectivity index (χ1v) is 8.93. The molecule has 0 atom stereocenters. The Kier molecular flexibility index (Phi) is 6.86. The van der Waals surface area contributed by atoms with Gasteiger partial charge in [0.1, 0.15) is 0 Å². The fourth-order valence-electron chi connectivity index (χ4n) is 2.47. The minimum atomic E-state index is -0.280. The molecule has 0 aliphatic carbocycles. The van der Waals surface area contributed by atoms with Gasteiger partial charge in [0, 0.05) is 29.9 Å². The molecular formula is C20H23N3O2S. The van der Waals surface area contributed by atoms with E-state index in [-0.39, 0.29) is 16.9 Å². The normalized spacial score (nSPS) is 10.1. The van der Waals surface area contributed by atoms with Gasteiger partial charge in [-0.2, -0.15) is 0 Å². The lowest BCUT2D eigenvalue weighted by molar-refractivity contribution is 0.0772. The third-order valence-electron chi connectivity index (χ3n) is 3.96. The van der Waals surface area contributed by atoms with Crippen LogP contribution in [0.25, 0.3) is 0 Å². The molecule has 26 heavy (non-hydrogen) atoms. The summed E-state index contributed by atoms with van der Waals surface area (Å²) in [5.74, 6) is -0.314. The highest BCUT2D eigenvalue weighted by Crippen LogP contribution is 2.13. The fraction of sp³-hybridized carbons (Fsp3) is 0.250. The predicted molar refractivity (Wildman–Crippen MR) is 109 cm³/mol. The van der Waals surface area contributed by atoms with Crippen LogP contribution in [0.5, 0.6) is 0 Å². The average molecular weight is 369 g/mol. The van der Waals surface area contributed by atoms with Gasteiger partial charge < -0.3 is 10.2 Å². The molecule has 0 heterocycles. The van der Waals surface area contributed by atoms with Gasteiger partial charge in [-0.15, -0.1) is 0 Å². The number of nitrogens with zero attached hydrogens (tertiary/aromatic N) is 1. The number of anilines is 1. The Labute approximate surface area is 159 Å². The molecule has 2 aromatic carbocycles. The van der Waals surface area contributed by atoms with Crippen molar-refractivity contribution in [1.29, 1.82) is 0 Å². The Morgan fingerprint density at radius 3 is 2.27 bits per heavy atom. The van der Waals surface area contributed by atoms with Gasteiger partial charge in [0.05, 0.1) is 0 Å². The topological polar surface area (TPSA) is 61.4 Å². The van der Waals surface area contributed by atoms with Crippen molar-refractivity contribution in [2.75, 3.05) is 18.4 Å². The number of amides is 2. The van der Waals surface area contributed by atoms with E-state index in [2.05, 4.69) is 10.6 Å². The summed E-state index contributed by atoms with van der Waals surface area (Å²) in [6.07, 6.45) is 0. The van der Waals surface area contributed by atoms with E-state index < -0.39 is 0 Å². The maximum absolute atomic E-state index is 12.4. The van der Waals surface area contributed by atoms with Gasteiger partial charge >= 0.3 is 0 Å². The molecule has 2 N–H and O–H groups in total. The third-order valence-corrected chi connectivity index (χ3v) is 4.16. The van der Waals surface area contributed by atoms with E-state index in [9.17, 15) is 9.59 Å². The van der Waals surface area contributed by atoms with Crippen LogP contribution in [0.3, 0.4) is 0 Å². The molecule has 0 bridgehead atoms. The highest BCUT2D eigenvalue weighted by molar-refractivity contribution is 7.80. The van der Waals surface area contributed by atoms with E-state index in [1.54, 1.807) is 41.3 Å². The average Bonchev–Trinajstić information content (AvgIpc) is 2.63. The molecule has 0 saturated carbocycles. The van der Waals surface area contributed by atoms with Crippen LogP contribution >= 0.6 is 12.2 Å². The molecule has 0 aliphatic heterocycles. The summed E-state index contributed by atoms with van der Waals surface area (Å²) in [5, 5.41) is 5.78. The molecule has 0 spiro atoms. The molecule has 0 aliphatic rings. The number of thiocarbonyl (C=S) groups is 1. The maximum atomic E-state index is 12.4. The SMILES string of the molecule is CCN(CC)C(=O)c1cccc(NC(=S)NC(=O)c2ccc(C)cc2)c1. The van der Waals surface area contributed by atoms with E-state index in [4.69, 9.17) is 12.2 Å². The van der Waals surface area contributed by atoms with E-state index >= 15 is 0 Å². The summed E-state index contributed by atoms with van der Waals surface area (Å²) in [4.78, 5) is 26.4. The Morgan fingerprint density at radius 1 is 1.00 bits per heavy atom. The quantitative estimate of drug-likeness (QED) is 0.791. The van der Waals surface area contributed by atoms with Crippen LogP contribution in [0.15, 0.2) is 48.5 Å². The van der Waals surface area contributed by atoms with Crippen molar-refractivity contribution in [2.45, 2.75) is 20.8 Å². The molecule has 2 rings (SSSR count). The number of hydrogen-bond donors (Lipinski definition) is 2. The number of benzene rings is 2. The standard InChI is InChI=1S/C20H23N3O2S/c1-4-23(5-2)19(25)16-7-6-8-17(13-16)21-20(26)22-18(24)15-11-9-14(3)10-12-15/h6-13H,4-5H2,1-3H3,(H2,21,22,24,26). The van der Waals surface area contributed by atoms with Crippen LogP contribution in [0.2, 0.25) is 0 Å². The summed E-state index contributed by atoms with van der Waals surface area (Å²) in [7, 11) is 0. The molecular weight excluding hydrogens is 346 g/mol. The van der Waals surface area contributed by atoms with Gasteiger partial charge in [-0.25, -0.2) is 0 Å². The number of carbonyl (C=O) groups excluding carboxylic acids is 2.